The van der Waals surface area contributed by atoms with Crippen molar-refractivity contribution in [3.05, 3.63) is 30.0 Å². The van der Waals surface area contributed by atoms with E-state index < -0.39 is 5.97 Å². The van der Waals surface area contributed by atoms with Gasteiger partial charge < -0.3 is 5.11 Å². The quantitative estimate of drug-likeness (QED) is 0.791. The highest BCUT2D eigenvalue weighted by atomic mass is 36.5. The zero-order valence-corrected chi connectivity index (χ0v) is 11.1. The zero-order chi connectivity index (χ0) is 12.6. The van der Waals surface area contributed by atoms with E-state index in [2.05, 4.69) is 51.2 Å². The van der Waals surface area contributed by atoms with Gasteiger partial charge in [-0.05, 0) is 30.6 Å². The summed E-state index contributed by atoms with van der Waals surface area (Å²) in [5.74, 6) is -0.833. The van der Waals surface area contributed by atoms with Gasteiger partial charge in [-0.1, -0.05) is 11.6 Å². The molecule has 1 aromatic carbocycles. The molecule has 0 atom stereocenters. The van der Waals surface area contributed by atoms with Crippen LogP contribution in [0.15, 0.2) is 24.4 Å². The summed E-state index contributed by atoms with van der Waals surface area (Å²) in [5.41, 5.74) is 1.30. The lowest BCUT2D eigenvalue weighted by molar-refractivity contribution is -0.134. The van der Waals surface area contributed by atoms with Gasteiger partial charge in [0.05, 0.1) is 4.70 Å². The number of halogens is 2. The number of carboxylic acids is 1. The summed E-state index contributed by atoms with van der Waals surface area (Å²) in [6.45, 7) is 3.18. The summed E-state index contributed by atoms with van der Waals surface area (Å²) >= 11 is 1.55. The van der Waals surface area contributed by atoms with Crippen LogP contribution >= 0.6 is 33.2 Å². The Morgan fingerprint density at radius 2 is 2.00 bits per heavy atom. The second-order valence-electron chi connectivity index (χ2n) is 2.89. The fourth-order valence-electron chi connectivity index (χ4n) is 0.992. The molecule has 0 unspecified atom stereocenters. The summed E-state index contributed by atoms with van der Waals surface area (Å²) in [5, 5.41) is 8.67. The Morgan fingerprint density at radius 3 is 2.56 bits per heavy atom. The molecule has 2 aromatic rings. The number of hydrogen-bond donors (Lipinski definition) is 1. The van der Waals surface area contributed by atoms with Gasteiger partial charge in [0.25, 0.3) is 5.97 Å². The minimum atomic E-state index is -0.833. The normalized spacial score (nSPS) is 8.50. The number of hydrogen-bond acceptors (Lipinski definition) is 3. The summed E-state index contributed by atoms with van der Waals surface area (Å²) in [6.07, 6.45) is 1.91. The SMILES string of the molecule is CC(=O)O.Cc1ccc2sncc2c1.ClCl. The van der Waals surface area contributed by atoms with E-state index in [9.17, 15) is 0 Å². The molecule has 3 nitrogen and oxygen atoms in total. The highest BCUT2D eigenvalue weighted by Gasteiger charge is 1.93. The number of carbonyl (C=O) groups is 1. The first kappa shape index (κ1) is 15.2. The number of carboxylic acid groups (broad SMARTS) is 1. The maximum Gasteiger partial charge on any atom is 0.300 e. The molecule has 0 radical (unpaired) electrons. The van der Waals surface area contributed by atoms with Crippen LogP contribution in [0.4, 0.5) is 0 Å². The second-order valence-corrected chi connectivity index (χ2v) is 3.72. The van der Waals surface area contributed by atoms with E-state index in [0.29, 0.717) is 0 Å². The lowest BCUT2D eigenvalue weighted by Crippen LogP contribution is -1.78. The van der Waals surface area contributed by atoms with E-state index >= 15 is 0 Å². The molecule has 0 aliphatic rings. The van der Waals surface area contributed by atoms with Crippen molar-refractivity contribution in [1.29, 1.82) is 0 Å². The maximum absolute atomic E-state index is 9.00. The Kier molecular flexibility index (Phi) is 7.89. The lowest BCUT2D eigenvalue weighted by Gasteiger charge is -1.88. The fourth-order valence-corrected chi connectivity index (χ4v) is 1.62. The smallest absolute Gasteiger partial charge is 0.300 e. The maximum atomic E-state index is 9.00. The van der Waals surface area contributed by atoms with Crippen LogP contribution < -0.4 is 0 Å². The summed E-state index contributed by atoms with van der Waals surface area (Å²) in [7, 11) is 8.22. The number of aryl methyl sites for hydroxylation is 1. The second kappa shape index (κ2) is 8.33. The Labute approximate surface area is 107 Å². The van der Waals surface area contributed by atoms with Crippen molar-refractivity contribution >= 4 is 49.3 Å². The summed E-state index contributed by atoms with van der Waals surface area (Å²) < 4.78 is 5.35. The van der Waals surface area contributed by atoms with Crippen molar-refractivity contribution in [3.63, 3.8) is 0 Å². The molecule has 0 bridgehead atoms. The summed E-state index contributed by atoms with van der Waals surface area (Å²) in [6, 6.07) is 6.38. The van der Waals surface area contributed by atoms with Crippen molar-refractivity contribution in [2.75, 3.05) is 0 Å². The van der Waals surface area contributed by atoms with E-state index in [0.717, 1.165) is 6.92 Å². The molecular weight excluding hydrogens is 269 g/mol. The van der Waals surface area contributed by atoms with Crippen LogP contribution in [0, 0.1) is 6.92 Å². The molecule has 0 fully saturated rings. The van der Waals surface area contributed by atoms with E-state index in [4.69, 9.17) is 9.90 Å². The van der Waals surface area contributed by atoms with Crippen LogP contribution in [0.3, 0.4) is 0 Å². The van der Waals surface area contributed by atoms with Gasteiger partial charge >= 0.3 is 0 Å². The van der Waals surface area contributed by atoms with Crippen molar-refractivity contribution < 1.29 is 9.90 Å². The molecule has 0 amide bonds. The standard InChI is InChI=1S/C8H7NS.C2H4O2.Cl2/c1-6-2-3-8-7(4-6)5-9-10-8;1-2(3)4;1-2/h2-5H,1H3;1H3,(H,3,4);. The molecule has 16 heavy (non-hydrogen) atoms. The number of aliphatic carboxylic acids is 1. The third-order valence-electron chi connectivity index (χ3n) is 1.51. The minimum absolute atomic E-state index is 0.833. The van der Waals surface area contributed by atoms with Crippen LogP contribution in [0.1, 0.15) is 12.5 Å². The predicted molar refractivity (Wildman–Crippen MR) is 69.4 cm³/mol. The number of rotatable bonds is 0. The Hall–Kier alpha value is -0.840. The third-order valence-corrected chi connectivity index (χ3v) is 2.29. The average molecular weight is 280 g/mol. The third kappa shape index (κ3) is 5.90. The van der Waals surface area contributed by atoms with Gasteiger partial charge in [0.15, 0.2) is 0 Å². The van der Waals surface area contributed by atoms with E-state index in [-0.39, 0.29) is 0 Å². The average Bonchev–Trinajstić information content (AvgIpc) is 2.67. The number of nitrogens with zero attached hydrogens (tertiary/aromatic N) is 1. The van der Waals surface area contributed by atoms with Gasteiger partial charge in [-0.25, -0.2) is 0 Å². The van der Waals surface area contributed by atoms with Crippen molar-refractivity contribution in [2.24, 2.45) is 0 Å². The zero-order valence-electron chi connectivity index (χ0n) is 8.78. The number of aromatic nitrogens is 1. The first-order chi connectivity index (χ1) is 7.59. The molecule has 0 saturated carbocycles. The number of benzene rings is 1. The lowest BCUT2D eigenvalue weighted by atomic mass is 10.2. The highest BCUT2D eigenvalue weighted by Crippen LogP contribution is 2.18. The van der Waals surface area contributed by atoms with Gasteiger partial charge in [-0.3, -0.25) is 4.79 Å². The van der Waals surface area contributed by atoms with Crippen LogP contribution in [-0.2, 0) is 4.79 Å². The molecule has 6 heteroatoms. The van der Waals surface area contributed by atoms with E-state index in [1.54, 1.807) is 11.5 Å². The Balaban J connectivity index is 0.000000323. The van der Waals surface area contributed by atoms with Crippen molar-refractivity contribution in [1.82, 2.24) is 4.37 Å². The first-order valence-electron chi connectivity index (χ1n) is 4.24. The molecule has 88 valence electrons. The molecule has 1 N–H and O–H groups in total. The van der Waals surface area contributed by atoms with Crippen LogP contribution in [-0.4, -0.2) is 15.4 Å². The molecular formula is C10H11Cl2NO2S. The fraction of sp³-hybridized carbons (Fsp3) is 0.200. The van der Waals surface area contributed by atoms with E-state index in [1.165, 1.54) is 15.6 Å². The molecule has 1 heterocycles. The van der Waals surface area contributed by atoms with Crippen LogP contribution in [0.25, 0.3) is 10.1 Å². The predicted octanol–water partition coefficient (Wildman–Crippen LogP) is 4.07. The van der Waals surface area contributed by atoms with Crippen LogP contribution in [0.5, 0.6) is 0 Å². The molecule has 0 aliphatic heterocycles. The van der Waals surface area contributed by atoms with Gasteiger partial charge in [-0.2, -0.15) is 4.37 Å². The first-order valence-corrected chi connectivity index (χ1v) is 6.16. The molecule has 2 rings (SSSR count). The molecule has 0 spiro atoms. The molecule has 0 aliphatic carbocycles. The topological polar surface area (TPSA) is 50.2 Å². The summed E-state index contributed by atoms with van der Waals surface area (Å²) in [4.78, 5) is 9.00. The number of fused-ring (bicyclic) bond motifs is 1. The van der Waals surface area contributed by atoms with Crippen LogP contribution in [0.2, 0.25) is 0 Å². The Morgan fingerprint density at radius 1 is 1.44 bits per heavy atom. The van der Waals surface area contributed by atoms with Crippen molar-refractivity contribution in [2.45, 2.75) is 13.8 Å². The molecule has 0 saturated heterocycles. The van der Waals surface area contributed by atoms with Gasteiger partial charge in [0.2, 0.25) is 0 Å². The largest absolute Gasteiger partial charge is 0.481 e. The molecule has 1 aromatic heterocycles. The van der Waals surface area contributed by atoms with Gasteiger partial charge in [-0.15, -0.1) is 0 Å². The highest BCUT2D eigenvalue weighted by molar-refractivity contribution is 7.13. The van der Waals surface area contributed by atoms with Gasteiger partial charge in [0.1, 0.15) is 0 Å². The Bertz CT molecular complexity index is 441. The monoisotopic (exact) mass is 279 g/mol. The van der Waals surface area contributed by atoms with E-state index in [1.807, 2.05) is 6.20 Å². The van der Waals surface area contributed by atoms with Crippen molar-refractivity contribution in [3.8, 4) is 0 Å². The minimum Gasteiger partial charge on any atom is -0.481 e. The van der Waals surface area contributed by atoms with Gasteiger partial charge in [0, 0.05) is 40.2 Å².